The Morgan fingerprint density at radius 1 is 1.03 bits per heavy atom. The van der Waals surface area contributed by atoms with Crippen molar-refractivity contribution in [2.45, 2.75) is 31.4 Å². The lowest BCUT2D eigenvalue weighted by molar-refractivity contribution is 0.0951. The number of halogens is 1. The first-order chi connectivity index (χ1) is 15.2. The van der Waals surface area contributed by atoms with Gasteiger partial charge in [-0.05, 0) is 80.1 Å². The zero-order valence-electron chi connectivity index (χ0n) is 18.1. The third-order valence-corrected chi connectivity index (χ3v) is 6.74. The van der Waals surface area contributed by atoms with Crippen LogP contribution in [0.25, 0.3) is 0 Å². The third kappa shape index (κ3) is 5.81. The van der Waals surface area contributed by atoms with Gasteiger partial charge in [0.2, 0.25) is 0 Å². The van der Waals surface area contributed by atoms with Gasteiger partial charge in [-0.25, -0.2) is 8.42 Å². The van der Waals surface area contributed by atoms with E-state index in [0.717, 1.165) is 15.6 Å². The van der Waals surface area contributed by atoms with Crippen molar-refractivity contribution >= 4 is 33.2 Å². The Kier molecular flexibility index (Phi) is 7.43. The van der Waals surface area contributed by atoms with E-state index in [4.69, 9.17) is 16.3 Å². The molecule has 0 atom stereocenters. The van der Waals surface area contributed by atoms with Crippen LogP contribution in [0.2, 0.25) is 5.02 Å². The summed E-state index contributed by atoms with van der Waals surface area (Å²) in [5.41, 5.74) is 1.79. The molecule has 0 bridgehead atoms. The molecule has 1 N–H and O–H groups in total. The summed E-state index contributed by atoms with van der Waals surface area (Å²) in [6.07, 6.45) is 0.0694. The van der Waals surface area contributed by atoms with Gasteiger partial charge in [0.05, 0.1) is 16.7 Å². The lowest BCUT2D eigenvalue weighted by Gasteiger charge is -2.20. The van der Waals surface area contributed by atoms with E-state index < -0.39 is 10.0 Å². The lowest BCUT2D eigenvalue weighted by Crippen LogP contribution is -2.27. The van der Waals surface area contributed by atoms with Crippen LogP contribution in [-0.2, 0) is 16.6 Å². The first kappa shape index (κ1) is 23.6. The summed E-state index contributed by atoms with van der Waals surface area (Å²) >= 11 is 5.85. The number of ether oxygens (including phenoxy) is 1. The maximum Gasteiger partial charge on any atom is 0.264 e. The highest BCUT2D eigenvalue weighted by Gasteiger charge is 2.21. The molecule has 6 nitrogen and oxygen atoms in total. The van der Waals surface area contributed by atoms with Crippen LogP contribution in [0.1, 0.15) is 29.8 Å². The second-order valence-electron chi connectivity index (χ2n) is 7.47. The highest BCUT2D eigenvalue weighted by atomic mass is 35.5. The number of sulfonamides is 1. The second-order valence-corrected chi connectivity index (χ2v) is 9.88. The normalized spacial score (nSPS) is 11.3. The number of rotatable bonds is 8. The van der Waals surface area contributed by atoms with Crippen molar-refractivity contribution < 1.29 is 17.9 Å². The van der Waals surface area contributed by atoms with E-state index >= 15 is 0 Å². The second kappa shape index (κ2) is 10.1. The predicted molar refractivity (Wildman–Crippen MR) is 127 cm³/mol. The fourth-order valence-corrected chi connectivity index (χ4v) is 4.33. The monoisotopic (exact) mass is 472 g/mol. The zero-order valence-corrected chi connectivity index (χ0v) is 19.7. The van der Waals surface area contributed by atoms with Crippen molar-refractivity contribution in [2.24, 2.45) is 0 Å². The van der Waals surface area contributed by atoms with Crippen molar-refractivity contribution in [1.29, 1.82) is 0 Å². The molecule has 0 radical (unpaired) electrons. The number of hydrogen-bond donors (Lipinski definition) is 1. The molecule has 0 aromatic heterocycles. The molecule has 32 heavy (non-hydrogen) atoms. The molecule has 0 aliphatic carbocycles. The summed E-state index contributed by atoms with van der Waals surface area (Å²) in [7, 11) is -2.28. The van der Waals surface area contributed by atoms with Crippen molar-refractivity contribution in [3.05, 3.63) is 88.9 Å². The highest BCUT2D eigenvalue weighted by molar-refractivity contribution is 7.92. The minimum atomic E-state index is -3.74. The Labute approximate surface area is 193 Å². The summed E-state index contributed by atoms with van der Waals surface area (Å²) in [6, 6.07) is 19.9. The van der Waals surface area contributed by atoms with Gasteiger partial charge in [0, 0.05) is 24.2 Å². The number of carbonyl (C=O) groups excluding carboxylic acids is 1. The van der Waals surface area contributed by atoms with Crippen molar-refractivity contribution in [3.63, 3.8) is 0 Å². The van der Waals surface area contributed by atoms with Crippen LogP contribution in [0.5, 0.6) is 5.75 Å². The SMILES string of the molecule is CC(C)Oc1cccc(CNC(=O)c2ccc(N(C)S(=O)(=O)c3ccc(Cl)cc3)cc2)c1. The standard InChI is InChI=1S/C24H25ClN2O4S/c1-17(2)31-22-6-4-5-18(15-22)16-26-24(28)19-7-11-21(12-8-19)27(3)32(29,30)23-13-9-20(25)10-14-23/h4-15,17H,16H2,1-3H3,(H,26,28). The van der Waals surface area contributed by atoms with Gasteiger partial charge in [-0.15, -0.1) is 0 Å². The fraction of sp³-hybridized carbons (Fsp3) is 0.208. The van der Waals surface area contributed by atoms with Crippen molar-refractivity contribution in [2.75, 3.05) is 11.4 Å². The van der Waals surface area contributed by atoms with Gasteiger partial charge in [-0.3, -0.25) is 9.10 Å². The Bertz CT molecular complexity index is 1180. The number of nitrogens with one attached hydrogen (secondary N) is 1. The third-order valence-electron chi connectivity index (χ3n) is 4.69. The summed E-state index contributed by atoms with van der Waals surface area (Å²) in [5, 5.41) is 3.33. The summed E-state index contributed by atoms with van der Waals surface area (Å²) < 4.78 is 32.5. The molecule has 3 aromatic carbocycles. The highest BCUT2D eigenvalue weighted by Crippen LogP contribution is 2.23. The van der Waals surface area contributed by atoms with E-state index in [0.29, 0.717) is 22.8 Å². The van der Waals surface area contributed by atoms with Gasteiger partial charge in [-0.1, -0.05) is 23.7 Å². The number of hydrogen-bond acceptors (Lipinski definition) is 4. The van der Waals surface area contributed by atoms with E-state index in [1.54, 1.807) is 24.3 Å². The molecule has 1 amide bonds. The van der Waals surface area contributed by atoms with Crippen LogP contribution < -0.4 is 14.4 Å². The van der Waals surface area contributed by atoms with E-state index in [-0.39, 0.29) is 16.9 Å². The molecule has 3 aromatic rings. The molecular weight excluding hydrogens is 448 g/mol. The molecule has 0 aliphatic heterocycles. The molecule has 0 heterocycles. The first-order valence-corrected chi connectivity index (χ1v) is 11.9. The van der Waals surface area contributed by atoms with Gasteiger partial charge >= 0.3 is 0 Å². The molecular formula is C24H25ClN2O4S. The Morgan fingerprint density at radius 2 is 1.69 bits per heavy atom. The van der Waals surface area contributed by atoms with Crippen molar-refractivity contribution in [1.82, 2.24) is 5.32 Å². The summed E-state index contributed by atoms with van der Waals surface area (Å²) in [6.45, 7) is 4.26. The summed E-state index contributed by atoms with van der Waals surface area (Å²) in [5.74, 6) is 0.496. The summed E-state index contributed by atoms with van der Waals surface area (Å²) in [4.78, 5) is 12.7. The molecule has 0 aliphatic rings. The number of nitrogens with zero attached hydrogens (tertiary/aromatic N) is 1. The first-order valence-electron chi connectivity index (χ1n) is 10.0. The number of amides is 1. The van der Waals surface area contributed by atoms with Gasteiger partial charge in [0.25, 0.3) is 15.9 Å². The Morgan fingerprint density at radius 3 is 2.31 bits per heavy atom. The number of anilines is 1. The molecule has 0 fully saturated rings. The average Bonchev–Trinajstić information content (AvgIpc) is 2.77. The minimum absolute atomic E-state index is 0.0694. The molecule has 8 heteroatoms. The molecule has 0 saturated carbocycles. The van der Waals surface area contributed by atoms with E-state index in [1.807, 2.05) is 38.1 Å². The minimum Gasteiger partial charge on any atom is -0.491 e. The lowest BCUT2D eigenvalue weighted by atomic mass is 10.1. The van der Waals surface area contributed by atoms with E-state index in [9.17, 15) is 13.2 Å². The zero-order chi connectivity index (χ0) is 23.3. The van der Waals surface area contributed by atoms with E-state index in [2.05, 4.69) is 5.32 Å². The quantitative estimate of drug-likeness (QED) is 0.506. The van der Waals surface area contributed by atoms with E-state index in [1.165, 1.54) is 31.3 Å². The van der Waals surface area contributed by atoms with Gasteiger partial charge in [-0.2, -0.15) is 0 Å². The van der Waals surface area contributed by atoms with Crippen LogP contribution in [0.15, 0.2) is 77.7 Å². The smallest absolute Gasteiger partial charge is 0.264 e. The van der Waals surface area contributed by atoms with Crippen LogP contribution in [0.4, 0.5) is 5.69 Å². The van der Waals surface area contributed by atoms with Gasteiger partial charge in [0.1, 0.15) is 5.75 Å². The number of carbonyl (C=O) groups is 1. The van der Waals surface area contributed by atoms with Crippen LogP contribution in [0, 0.1) is 0 Å². The van der Waals surface area contributed by atoms with Crippen LogP contribution >= 0.6 is 11.6 Å². The molecule has 0 saturated heterocycles. The molecule has 168 valence electrons. The van der Waals surface area contributed by atoms with Gasteiger partial charge in [0.15, 0.2) is 0 Å². The largest absolute Gasteiger partial charge is 0.491 e. The topological polar surface area (TPSA) is 75.7 Å². The molecule has 0 spiro atoms. The Hall–Kier alpha value is -3.03. The molecule has 3 rings (SSSR count). The average molecular weight is 473 g/mol. The van der Waals surface area contributed by atoms with Gasteiger partial charge < -0.3 is 10.1 Å². The maximum absolute atomic E-state index is 12.8. The predicted octanol–water partition coefficient (Wildman–Crippen LogP) is 4.88. The molecule has 0 unspecified atom stereocenters. The number of benzene rings is 3. The Balaban J connectivity index is 1.66. The van der Waals surface area contributed by atoms with Crippen molar-refractivity contribution in [3.8, 4) is 5.75 Å². The van der Waals surface area contributed by atoms with Crippen LogP contribution in [0.3, 0.4) is 0 Å². The fourth-order valence-electron chi connectivity index (χ4n) is 3.01. The van der Waals surface area contributed by atoms with Crippen LogP contribution in [-0.4, -0.2) is 27.5 Å². The maximum atomic E-state index is 12.8.